The molecule has 0 aliphatic heterocycles. The maximum absolute atomic E-state index is 12.5. The van der Waals surface area contributed by atoms with Crippen molar-refractivity contribution in [1.29, 1.82) is 0 Å². The lowest BCUT2D eigenvalue weighted by Gasteiger charge is -2.05. The molecular formula is C22H20ClN3O3. The van der Waals surface area contributed by atoms with Crippen LogP contribution in [-0.2, 0) is 16.1 Å². The van der Waals surface area contributed by atoms with Crippen LogP contribution < -0.4 is 5.32 Å². The van der Waals surface area contributed by atoms with Gasteiger partial charge in [0.05, 0.1) is 24.9 Å². The number of benzene rings is 2. The highest BCUT2D eigenvalue weighted by atomic mass is 35.5. The topological polar surface area (TPSA) is 73.2 Å². The van der Waals surface area contributed by atoms with Crippen LogP contribution in [0.15, 0.2) is 67.0 Å². The summed E-state index contributed by atoms with van der Waals surface area (Å²) in [4.78, 5) is 23.8. The highest BCUT2D eigenvalue weighted by Gasteiger charge is 2.10. The minimum Gasteiger partial charge on any atom is -0.463 e. The van der Waals surface area contributed by atoms with E-state index in [0.717, 1.165) is 11.1 Å². The first kappa shape index (κ1) is 20.4. The summed E-state index contributed by atoms with van der Waals surface area (Å²) in [5.41, 5.74) is 2.84. The van der Waals surface area contributed by atoms with Crippen molar-refractivity contribution in [2.45, 2.75) is 13.5 Å². The molecule has 1 N–H and O–H groups in total. The predicted octanol–water partition coefficient (Wildman–Crippen LogP) is 4.41. The summed E-state index contributed by atoms with van der Waals surface area (Å²) in [7, 11) is 0. The molecule has 1 heterocycles. The third kappa shape index (κ3) is 5.80. The van der Waals surface area contributed by atoms with Crippen LogP contribution >= 0.6 is 11.6 Å². The van der Waals surface area contributed by atoms with Crippen molar-refractivity contribution in [2.75, 3.05) is 11.9 Å². The fourth-order valence-electron chi connectivity index (χ4n) is 2.60. The molecule has 0 bridgehead atoms. The third-order valence-corrected chi connectivity index (χ3v) is 4.42. The monoisotopic (exact) mass is 409 g/mol. The van der Waals surface area contributed by atoms with Gasteiger partial charge in [-0.1, -0.05) is 41.9 Å². The van der Waals surface area contributed by atoms with E-state index < -0.39 is 5.97 Å². The van der Waals surface area contributed by atoms with E-state index in [-0.39, 0.29) is 5.91 Å². The molecule has 2 aromatic carbocycles. The molecule has 6 nitrogen and oxygen atoms in total. The zero-order chi connectivity index (χ0) is 20.6. The maximum atomic E-state index is 12.5. The number of nitrogens with one attached hydrogen (secondary N) is 1. The number of rotatable bonds is 7. The average molecular weight is 410 g/mol. The highest BCUT2D eigenvalue weighted by Crippen LogP contribution is 2.17. The summed E-state index contributed by atoms with van der Waals surface area (Å²) in [5, 5.41) is 7.71. The van der Waals surface area contributed by atoms with Gasteiger partial charge in [-0.2, -0.15) is 5.10 Å². The first-order chi connectivity index (χ1) is 14.0. The number of ether oxygens (including phenoxy) is 1. The Kier molecular flexibility index (Phi) is 6.81. The van der Waals surface area contributed by atoms with Gasteiger partial charge in [-0.15, -0.1) is 0 Å². The Morgan fingerprint density at radius 2 is 1.93 bits per heavy atom. The molecule has 3 rings (SSSR count). The molecule has 1 amide bonds. The average Bonchev–Trinajstić information content (AvgIpc) is 3.18. The van der Waals surface area contributed by atoms with E-state index in [2.05, 4.69) is 10.4 Å². The van der Waals surface area contributed by atoms with Crippen molar-refractivity contribution in [3.8, 4) is 0 Å². The first-order valence-corrected chi connectivity index (χ1v) is 9.45. The Morgan fingerprint density at radius 1 is 1.17 bits per heavy atom. The number of aromatic nitrogens is 2. The van der Waals surface area contributed by atoms with Crippen molar-refractivity contribution in [3.63, 3.8) is 0 Å². The summed E-state index contributed by atoms with van der Waals surface area (Å²) in [5.74, 6) is -0.649. The summed E-state index contributed by atoms with van der Waals surface area (Å²) in [6, 6.07) is 14.6. The lowest BCUT2D eigenvalue weighted by molar-refractivity contribution is -0.137. The molecule has 0 aliphatic rings. The van der Waals surface area contributed by atoms with E-state index in [4.69, 9.17) is 16.3 Å². The lowest BCUT2D eigenvalue weighted by atomic mass is 10.2. The number of hydrogen-bond donors (Lipinski definition) is 1. The minimum atomic E-state index is -0.390. The molecule has 0 aliphatic carbocycles. The first-order valence-electron chi connectivity index (χ1n) is 9.07. The normalized spacial score (nSPS) is 10.8. The van der Waals surface area contributed by atoms with Gasteiger partial charge in [0.15, 0.2) is 0 Å². The number of nitrogens with zero attached hydrogens (tertiary/aromatic N) is 2. The molecule has 0 atom stereocenters. The van der Waals surface area contributed by atoms with Crippen molar-refractivity contribution in [1.82, 2.24) is 9.78 Å². The third-order valence-electron chi connectivity index (χ3n) is 4.05. The second kappa shape index (κ2) is 9.71. The van der Waals surface area contributed by atoms with Gasteiger partial charge in [0.25, 0.3) is 5.91 Å². The molecule has 0 fully saturated rings. The van der Waals surface area contributed by atoms with Gasteiger partial charge in [0, 0.05) is 23.0 Å². The minimum absolute atomic E-state index is 0.259. The molecule has 0 unspecified atom stereocenters. The van der Waals surface area contributed by atoms with Crippen molar-refractivity contribution >= 4 is 35.2 Å². The number of hydrogen-bond acceptors (Lipinski definition) is 4. The number of amides is 1. The summed E-state index contributed by atoms with van der Waals surface area (Å²) < 4.78 is 6.50. The quantitative estimate of drug-likeness (QED) is 0.463. The Bertz CT molecular complexity index is 1030. The number of carbonyl (C=O) groups is 2. The van der Waals surface area contributed by atoms with Crippen LogP contribution in [0.25, 0.3) is 6.08 Å². The van der Waals surface area contributed by atoms with Crippen LogP contribution in [0.5, 0.6) is 0 Å². The fourth-order valence-corrected chi connectivity index (χ4v) is 2.80. The van der Waals surface area contributed by atoms with Crippen LogP contribution in [0, 0.1) is 0 Å². The van der Waals surface area contributed by atoms with E-state index in [9.17, 15) is 9.59 Å². The number of halogens is 1. The van der Waals surface area contributed by atoms with Gasteiger partial charge in [-0.25, -0.2) is 4.79 Å². The second-order valence-corrected chi connectivity index (χ2v) is 6.59. The van der Waals surface area contributed by atoms with Crippen molar-refractivity contribution < 1.29 is 14.3 Å². The zero-order valence-corrected chi connectivity index (χ0v) is 16.6. The molecular weight excluding hydrogens is 390 g/mol. The van der Waals surface area contributed by atoms with Crippen LogP contribution in [0.1, 0.15) is 28.4 Å². The van der Waals surface area contributed by atoms with E-state index >= 15 is 0 Å². The largest absolute Gasteiger partial charge is 0.463 e. The van der Waals surface area contributed by atoms with E-state index in [0.29, 0.717) is 29.4 Å². The molecule has 7 heteroatoms. The van der Waals surface area contributed by atoms with E-state index in [1.807, 2.05) is 24.3 Å². The Balaban J connectivity index is 1.60. The van der Waals surface area contributed by atoms with Crippen LogP contribution in [0.4, 0.5) is 5.69 Å². The van der Waals surface area contributed by atoms with Crippen molar-refractivity contribution in [2.24, 2.45) is 0 Å². The van der Waals surface area contributed by atoms with Crippen LogP contribution in [0.2, 0.25) is 5.02 Å². The summed E-state index contributed by atoms with van der Waals surface area (Å²) >= 11 is 6.17. The molecule has 29 heavy (non-hydrogen) atoms. The van der Waals surface area contributed by atoms with Gasteiger partial charge in [0.1, 0.15) is 0 Å². The SMILES string of the molecule is CCOC(=O)/C=C/c1ccc(NC(=O)c2cnn(Cc3ccccc3Cl)c2)cc1. The number of carbonyl (C=O) groups excluding carboxylic acids is 2. The maximum Gasteiger partial charge on any atom is 0.330 e. The Morgan fingerprint density at radius 3 is 2.66 bits per heavy atom. The standard InChI is InChI=1S/C22H20ClN3O3/c1-2-29-21(27)12-9-16-7-10-19(11-8-16)25-22(28)18-13-24-26(15-18)14-17-5-3-4-6-20(17)23/h3-13,15H,2,14H2,1H3,(H,25,28)/b12-9+. The van der Waals surface area contributed by atoms with Crippen LogP contribution in [-0.4, -0.2) is 28.3 Å². The molecule has 0 spiro atoms. The van der Waals surface area contributed by atoms with E-state index in [1.54, 1.807) is 48.1 Å². The number of anilines is 1. The molecule has 0 saturated heterocycles. The van der Waals surface area contributed by atoms with Crippen LogP contribution in [0.3, 0.4) is 0 Å². The molecule has 0 radical (unpaired) electrons. The predicted molar refractivity (Wildman–Crippen MR) is 113 cm³/mol. The molecule has 1 aromatic heterocycles. The van der Waals surface area contributed by atoms with Gasteiger partial charge in [0.2, 0.25) is 0 Å². The van der Waals surface area contributed by atoms with Gasteiger partial charge < -0.3 is 10.1 Å². The lowest BCUT2D eigenvalue weighted by Crippen LogP contribution is -2.11. The highest BCUT2D eigenvalue weighted by molar-refractivity contribution is 6.31. The van der Waals surface area contributed by atoms with Gasteiger partial charge in [-0.05, 0) is 42.3 Å². The van der Waals surface area contributed by atoms with E-state index in [1.165, 1.54) is 12.3 Å². The molecule has 3 aromatic rings. The Hall–Kier alpha value is -3.38. The summed E-state index contributed by atoms with van der Waals surface area (Å²) in [6.07, 6.45) is 6.21. The number of esters is 1. The smallest absolute Gasteiger partial charge is 0.330 e. The molecule has 148 valence electrons. The fraction of sp³-hybridized carbons (Fsp3) is 0.136. The van der Waals surface area contributed by atoms with Gasteiger partial charge in [-0.3, -0.25) is 9.48 Å². The van der Waals surface area contributed by atoms with Gasteiger partial charge >= 0.3 is 5.97 Å². The summed E-state index contributed by atoms with van der Waals surface area (Å²) in [6.45, 7) is 2.57. The second-order valence-electron chi connectivity index (χ2n) is 6.18. The Labute approximate surface area is 173 Å². The molecule has 0 saturated carbocycles. The van der Waals surface area contributed by atoms with Crippen molar-refractivity contribution in [3.05, 3.63) is 88.7 Å². The zero-order valence-electron chi connectivity index (χ0n) is 15.8.